The molecule has 0 fully saturated rings. The summed E-state index contributed by atoms with van der Waals surface area (Å²) in [6.45, 7) is 2.74. The molecule has 0 unspecified atom stereocenters. The van der Waals surface area contributed by atoms with Crippen LogP contribution in [0, 0.1) is 0 Å². The molecule has 0 aliphatic heterocycles. The Bertz CT molecular complexity index is 592. The summed E-state index contributed by atoms with van der Waals surface area (Å²) in [5.41, 5.74) is 0.835. The first-order valence-corrected chi connectivity index (χ1v) is 6.85. The van der Waals surface area contributed by atoms with Gasteiger partial charge in [0.1, 0.15) is 5.82 Å². The first-order chi connectivity index (χ1) is 8.77. The van der Waals surface area contributed by atoms with E-state index >= 15 is 0 Å². The van der Waals surface area contributed by atoms with Gasteiger partial charge in [0.05, 0.1) is 10.9 Å². The summed E-state index contributed by atoms with van der Waals surface area (Å²) >= 11 is 5.72. The van der Waals surface area contributed by atoms with Crippen molar-refractivity contribution >= 4 is 22.5 Å². The molecule has 0 amide bonds. The van der Waals surface area contributed by atoms with Crippen LogP contribution in [0.2, 0.25) is 0 Å². The zero-order chi connectivity index (χ0) is 13.0. The van der Waals surface area contributed by atoms with Gasteiger partial charge in [-0.25, -0.2) is 4.98 Å². The molecule has 2 aromatic rings. The molecule has 1 aromatic heterocycles. The molecule has 0 bridgehead atoms. The number of aromatic nitrogens is 2. The third kappa shape index (κ3) is 2.56. The molecule has 0 radical (unpaired) electrons. The second kappa shape index (κ2) is 6.01. The standard InChI is InChI=1S/C14H17ClN2O/c1-2-6-13-16-12-8-4-3-7-11(12)14(18)17(13)10-5-9-15/h3-4,7-8H,2,5-6,9-10H2,1H3. The number of para-hydroxylation sites is 1. The lowest BCUT2D eigenvalue weighted by Gasteiger charge is -2.12. The van der Waals surface area contributed by atoms with Crippen LogP contribution < -0.4 is 5.56 Å². The number of fused-ring (bicyclic) bond motifs is 1. The van der Waals surface area contributed by atoms with Crippen LogP contribution in [0.5, 0.6) is 0 Å². The third-order valence-corrected chi connectivity index (χ3v) is 3.20. The van der Waals surface area contributed by atoms with Gasteiger partial charge in [-0.3, -0.25) is 9.36 Å². The fourth-order valence-electron chi connectivity index (χ4n) is 2.08. The molecule has 96 valence electrons. The lowest BCUT2D eigenvalue weighted by molar-refractivity contribution is 0.601. The predicted molar refractivity (Wildman–Crippen MR) is 75.3 cm³/mol. The van der Waals surface area contributed by atoms with E-state index in [0.29, 0.717) is 17.8 Å². The fraction of sp³-hybridized carbons (Fsp3) is 0.429. The second-order valence-corrected chi connectivity index (χ2v) is 4.67. The molecule has 1 heterocycles. The van der Waals surface area contributed by atoms with Crippen molar-refractivity contribution in [3.8, 4) is 0 Å². The van der Waals surface area contributed by atoms with Gasteiger partial charge in [-0.15, -0.1) is 11.6 Å². The van der Waals surface area contributed by atoms with E-state index < -0.39 is 0 Å². The molecule has 0 atom stereocenters. The Morgan fingerprint density at radius 3 is 2.83 bits per heavy atom. The van der Waals surface area contributed by atoms with Crippen molar-refractivity contribution in [2.24, 2.45) is 0 Å². The average Bonchev–Trinajstić information content (AvgIpc) is 2.39. The molecule has 3 nitrogen and oxygen atoms in total. The molecule has 4 heteroatoms. The summed E-state index contributed by atoms with van der Waals surface area (Å²) in [6, 6.07) is 7.50. The minimum Gasteiger partial charge on any atom is -0.296 e. The number of hydrogen-bond donors (Lipinski definition) is 0. The number of halogens is 1. The fourth-order valence-corrected chi connectivity index (χ4v) is 2.20. The van der Waals surface area contributed by atoms with Crippen LogP contribution in [0.3, 0.4) is 0 Å². The lowest BCUT2D eigenvalue weighted by atomic mass is 10.2. The molecule has 0 N–H and O–H groups in total. The van der Waals surface area contributed by atoms with Gasteiger partial charge in [-0.05, 0) is 25.0 Å². The lowest BCUT2D eigenvalue weighted by Crippen LogP contribution is -2.25. The maximum atomic E-state index is 12.4. The zero-order valence-electron chi connectivity index (χ0n) is 10.5. The third-order valence-electron chi connectivity index (χ3n) is 2.93. The number of aryl methyl sites for hydroxylation is 1. The Hall–Kier alpha value is -1.35. The Morgan fingerprint density at radius 1 is 1.33 bits per heavy atom. The highest BCUT2D eigenvalue weighted by atomic mass is 35.5. The van der Waals surface area contributed by atoms with E-state index in [9.17, 15) is 4.79 Å². The predicted octanol–water partition coefficient (Wildman–Crippen LogP) is 2.98. The number of rotatable bonds is 5. The van der Waals surface area contributed by atoms with Gasteiger partial charge < -0.3 is 0 Å². The van der Waals surface area contributed by atoms with Crippen LogP contribution in [0.25, 0.3) is 10.9 Å². The minimum atomic E-state index is 0.0502. The average molecular weight is 265 g/mol. The van der Waals surface area contributed by atoms with Crippen LogP contribution >= 0.6 is 11.6 Å². The molecule has 0 spiro atoms. The molecule has 0 saturated heterocycles. The van der Waals surface area contributed by atoms with Gasteiger partial charge in [0.2, 0.25) is 0 Å². The Balaban J connectivity index is 2.59. The molecule has 18 heavy (non-hydrogen) atoms. The van der Waals surface area contributed by atoms with Crippen LogP contribution in [-0.4, -0.2) is 15.4 Å². The van der Waals surface area contributed by atoms with E-state index in [1.54, 1.807) is 4.57 Å². The molecule has 0 saturated carbocycles. The van der Waals surface area contributed by atoms with Crippen LogP contribution in [0.4, 0.5) is 0 Å². The van der Waals surface area contributed by atoms with E-state index in [4.69, 9.17) is 11.6 Å². The van der Waals surface area contributed by atoms with Crippen molar-refractivity contribution in [1.29, 1.82) is 0 Å². The summed E-state index contributed by atoms with van der Waals surface area (Å²) in [7, 11) is 0. The number of nitrogens with zero attached hydrogens (tertiary/aromatic N) is 2. The van der Waals surface area contributed by atoms with Gasteiger partial charge in [0.15, 0.2) is 0 Å². The van der Waals surface area contributed by atoms with Crippen molar-refractivity contribution in [2.45, 2.75) is 32.7 Å². The highest BCUT2D eigenvalue weighted by Gasteiger charge is 2.09. The van der Waals surface area contributed by atoms with Crippen LogP contribution in [0.15, 0.2) is 29.1 Å². The SMILES string of the molecule is CCCc1nc2ccccc2c(=O)n1CCCCl. The van der Waals surface area contributed by atoms with E-state index in [2.05, 4.69) is 11.9 Å². The van der Waals surface area contributed by atoms with Gasteiger partial charge in [-0.1, -0.05) is 19.1 Å². The summed E-state index contributed by atoms with van der Waals surface area (Å²) in [5.74, 6) is 1.43. The summed E-state index contributed by atoms with van der Waals surface area (Å²) < 4.78 is 1.77. The Morgan fingerprint density at radius 2 is 2.11 bits per heavy atom. The van der Waals surface area contributed by atoms with Crippen molar-refractivity contribution in [3.63, 3.8) is 0 Å². The Kier molecular flexibility index (Phi) is 4.37. The molecular formula is C14H17ClN2O. The van der Waals surface area contributed by atoms with Gasteiger partial charge >= 0.3 is 0 Å². The minimum absolute atomic E-state index is 0.0502. The van der Waals surface area contributed by atoms with Crippen LogP contribution in [-0.2, 0) is 13.0 Å². The zero-order valence-corrected chi connectivity index (χ0v) is 11.3. The Labute approximate surface area is 111 Å². The first-order valence-electron chi connectivity index (χ1n) is 6.32. The van der Waals surface area contributed by atoms with Crippen LogP contribution in [0.1, 0.15) is 25.6 Å². The molecule has 0 aliphatic rings. The number of benzene rings is 1. The topological polar surface area (TPSA) is 34.9 Å². The summed E-state index contributed by atoms with van der Waals surface area (Å²) in [5, 5.41) is 0.687. The maximum Gasteiger partial charge on any atom is 0.261 e. The van der Waals surface area contributed by atoms with E-state index in [-0.39, 0.29) is 5.56 Å². The molecular weight excluding hydrogens is 248 g/mol. The van der Waals surface area contributed by atoms with E-state index in [0.717, 1.165) is 30.6 Å². The smallest absolute Gasteiger partial charge is 0.261 e. The molecule has 2 rings (SSSR count). The van der Waals surface area contributed by atoms with Crippen molar-refractivity contribution in [3.05, 3.63) is 40.4 Å². The summed E-state index contributed by atoms with van der Waals surface area (Å²) in [6.07, 6.45) is 2.59. The summed E-state index contributed by atoms with van der Waals surface area (Å²) in [4.78, 5) is 17.0. The second-order valence-electron chi connectivity index (χ2n) is 4.29. The number of alkyl halides is 1. The first kappa shape index (κ1) is 13.1. The van der Waals surface area contributed by atoms with E-state index in [1.165, 1.54) is 0 Å². The van der Waals surface area contributed by atoms with Crippen molar-refractivity contribution < 1.29 is 0 Å². The maximum absolute atomic E-state index is 12.4. The number of hydrogen-bond acceptors (Lipinski definition) is 2. The van der Waals surface area contributed by atoms with Gasteiger partial charge in [0.25, 0.3) is 5.56 Å². The largest absolute Gasteiger partial charge is 0.296 e. The highest BCUT2D eigenvalue weighted by Crippen LogP contribution is 2.09. The quantitative estimate of drug-likeness (QED) is 0.778. The van der Waals surface area contributed by atoms with Crippen molar-refractivity contribution in [2.75, 3.05) is 5.88 Å². The normalized spacial score (nSPS) is 11.0. The monoisotopic (exact) mass is 264 g/mol. The highest BCUT2D eigenvalue weighted by molar-refractivity contribution is 6.17. The van der Waals surface area contributed by atoms with Gasteiger partial charge in [0, 0.05) is 18.8 Å². The van der Waals surface area contributed by atoms with Gasteiger partial charge in [-0.2, -0.15) is 0 Å². The molecule has 0 aliphatic carbocycles. The van der Waals surface area contributed by atoms with Crippen molar-refractivity contribution in [1.82, 2.24) is 9.55 Å². The van der Waals surface area contributed by atoms with E-state index in [1.807, 2.05) is 24.3 Å². The molecule has 1 aromatic carbocycles.